The Kier molecular flexibility index (Phi) is 5.97. The minimum atomic E-state index is -0.206. The number of carbonyl (C=O) groups is 2. The topological polar surface area (TPSA) is 40.6 Å². The molecule has 0 spiro atoms. The molecule has 32 heavy (non-hydrogen) atoms. The fourth-order valence-electron chi connectivity index (χ4n) is 5.06. The number of aryl methyl sites for hydroxylation is 2. The average molecular weight is 449 g/mol. The molecular formula is C27H32N2O2S. The van der Waals surface area contributed by atoms with Crippen molar-refractivity contribution in [3.8, 4) is 0 Å². The first kappa shape index (κ1) is 22.7. The number of imide groups is 1. The van der Waals surface area contributed by atoms with Crippen molar-refractivity contribution in [3.05, 3.63) is 69.1 Å². The number of rotatable bonds is 4. The highest BCUT2D eigenvalue weighted by Gasteiger charge is 2.37. The summed E-state index contributed by atoms with van der Waals surface area (Å²) in [4.78, 5) is 30.0. The molecule has 2 aliphatic rings. The predicted octanol–water partition coefficient (Wildman–Crippen LogP) is 6.65. The molecule has 0 radical (unpaired) electrons. The Morgan fingerprint density at radius 3 is 2.47 bits per heavy atom. The van der Waals surface area contributed by atoms with E-state index in [1.54, 1.807) is 0 Å². The minimum absolute atomic E-state index is 0.119. The number of fused-ring (bicyclic) bond motifs is 1. The number of hydrogen-bond acceptors (Lipinski definition) is 4. The van der Waals surface area contributed by atoms with Gasteiger partial charge < -0.3 is 4.90 Å². The fourth-order valence-corrected chi connectivity index (χ4v) is 5.89. The summed E-state index contributed by atoms with van der Waals surface area (Å²) >= 11 is 1.04. The van der Waals surface area contributed by atoms with E-state index in [0.29, 0.717) is 17.4 Å². The van der Waals surface area contributed by atoms with Gasteiger partial charge in [-0.05, 0) is 99.2 Å². The largest absolute Gasteiger partial charge is 0.366 e. The van der Waals surface area contributed by atoms with Gasteiger partial charge in [0.25, 0.3) is 11.1 Å². The van der Waals surface area contributed by atoms with Crippen LogP contribution in [0.5, 0.6) is 0 Å². The minimum Gasteiger partial charge on any atom is -0.366 e. The van der Waals surface area contributed by atoms with E-state index in [1.165, 1.54) is 16.2 Å². The summed E-state index contributed by atoms with van der Waals surface area (Å²) in [5.41, 5.74) is 6.99. The Bertz CT molecular complexity index is 1100. The molecule has 2 aromatic rings. The summed E-state index contributed by atoms with van der Waals surface area (Å²) in [7, 11) is 0. The molecule has 4 nitrogen and oxygen atoms in total. The van der Waals surface area contributed by atoms with E-state index < -0.39 is 0 Å². The lowest BCUT2D eigenvalue weighted by Gasteiger charge is -2.47. The molecule has 2 aromatic carbocycles. The van der Waals surface area contributed by atoms with Crippen molar-refractivity contribution >= 4 is 34.7 Å². The van der Waals surface area contributed by atoms with Crippen LogP contribution in [0.3, 0.4) is 0 Å². The summed E-state index contributed by atoms with van der Waals surface area (Å²) in [5, 5.41) is -0.204. The Labute approximate surface area is 195 Å². The molecule has 2 amide bonds. The van der Waals surface area contributed by atoms with Crippen molar-refractivity contribution in [1.29, 1.82) is 0 Å². The molecule has 1 atom stereocenters. The number of carbonyl (C=O) groups excluding carboxylic acids is 2. The molecular weight excluding hydrogens is 416 g/mol. The average Bonchev–Trinajstić information content (AvgIpc) is 2.98. The van der Waals surface area contributed by atoms with Gasteiger partial charge >= 0.3 is 0 Å². The first-order chi connectivity index (χ1) is 15.1. The van der Waals surface area contributed by atoms with Crippen LogP contribution in [0.1, 0.15) is 67.9 Å². The maximum absolute atomic E-state index is 13.0. The van der Waals surface area contributed by atoms with Gasteiger partial charge in [-0.15, -0.1) is 0 Å². The maximum atomic E-state index is 13.0. The Hall–Kier alpha value is -2.53. The molecule has 2 aliphatic heterocycles. The molecule has 2 heterocycles. The zero-order valence-corrected chi connectivity index (χ0v) is 20.7. The van der Waals surface area contributed by atoms with Gasteiger partial charge in [-0.2, -0.15) is 0 Å². The lowest BCUT2D eigenvalue weighted by molar-refractivity contribution is -0.123. The van der Waals surface area contributed by atoms with E-state index in [-0.39, 0.29) is 16.7 Å². The molecule has 0 unspecified atom stereocenters. The highest BCUT2D eigenvalue weighted by molar-refractivity contribution is 8.18. The predicted molar refractivity (Wildman–Crippen MR) is 134 cm³/mol. The second-order valence-electron chi connectivity index (χ2n) is 9.68. The maximum Gasteiger partial charge on any atom is 0.293 e. The van der Waals surface area contributed by atoms with Gasteiger partial charge in [-0.1, -0.05) is 36.8 Å². The van der Waals surface area contributed by atoms with Gasteiger partial charge in [0.05, 0.1) is 11.4 Å². The summed E-state index contributed by atoms with van der Waals surface area (Å²) in [6, 6.07) is 12.4. The Morgan fingerprint density at radius 1 is 1.12 bits per heavy atom. The third-order valence-electron chi connectivity index (χ3n) is 6.71. The number of nitrogens with zero attached hydrogens (tertiary/aromatic N) is 2. The first-order valence-corrected chi connectivity index (χ1v) is 12.2. The second-order valence-corrected chi connectivity index (χ2v) is 10.7. The van der Waals surface area contributed by atoms with E-state index >= 15 is 0 Å². The van der Waals surface area contributed by atoms with Crippen molar-refractivity contribution in [2.24, 2.45) is 0 Å². The SMILES string of the molecule is CCN1c2cc(C)c(/C=C3\SC(=O)N(Cc4ccc(C)cc4)C3=O)cc2[C@H](C)CC1(C)C. The van der Waals surface area contributed by atoms with Gasteiger partial charge in [-0.3, -0.25) is 14.5 Å². The molecule has 1 saturated heterocycles. The van der Waals surface area contributed by atoms with Crippen LogP contribution in [0.25, 0.3) is 6.08 Å². The highest BCUT2D eigenvalue weighted by atomic mass is 32.2. The number of anilines is 1. The molecule has 4 rings (SSSR count). The fraction of sp³-hybridized carbons (Fsp3) is 0.407. The van der Waals surface area contributed by atoms with Crippen molar-refractivity contribution in [3.63, 3.8) is 0 Å². The zero-order chi connectivity index (χ0) is 23.2. The summed E-state index contributed by atoms with van der Waals surface area (Å²) < 4.78 is 0. The third-order valence-corrected chi connectivity index (χ3v) is 7.62. The van der Waals surface area contributed by atoms with Crippen molar-refractivity contribution in [1.82, 2.24) is 4.90 Å². The van der Waals surface area contributed by atoms with Gasteiger partial charge in [0.15, 0.2) is 0 Å². The van der Waals surface area contributed by atoms with Gasteiger partial charge in [0.2, 0.25) is 0 Å². The van der Waals surface area contributed by atoms with Crippen LogP contribution in [-0.2, 0) is 11.3 Å². The first-order valence-electron chi connectivity index (χ1n) is 11.3. The molecule has 0 saturated carbocycles. The van der Waals surface area contributed by atoms with Crippen molar-refractivity contribution in [2.75, 3.05) is 11.4 Å². The molecule has 0 N–H and O–H groups in total. The van der Waals surface area contributed by atoms with Gasteiger partial charge in [0.1, 0.15) is 0 Å². The lowest BCUT2D eigenvalue weighted by atomic mass is 9.79. The zero-order valence-electron chi connectivity index (χ0n) is 19.9. The summed E-state index contributed by atoms with van der Waals surface area (Å²) in [6.45, 7) is 14.5. The summed E-state index contributed by atoms with van der Waals surface area (Å²) in [5.74, 6) is 0.231. The molecule has 168 valence electrons. The van der Waals surface area contributed by atoms with Crippen LogP contribution >= 0.6 is 11.8 Å². The number of benzene rings is 2. The van der Waals surface area contributed by atoms with Gasteiger partial charge in [-0.25, -0.2) is 0 Å². The number of thioether (sulfide) groups is 1. The van der Waals surface area contributed by atoms with Crippen molar-refractivity contribution < 1.29 is 9.59 Å². The quantitative estimate of drug-likeness (QED) is 0.491. The van der Waals surface area contributed by atoms with E-state index in [2.05, 4.69) is 51.7 Å². The smallest absolute Gasteiger partial charge is 0.293 e. The Morgan fingerprint density at radius 2 is 1.81 bits per heavy atom. The van der Waals surface area contributed by atoms with Crippen LogP contribution in [0.15, 0.2) is 41.3 Å². The Balaban J connectivity index is 1.64. The molecule has 0 aromatic heterocycles. The molecule has 0 aliphatic carbocycles. The van der Waals surface area contributed by atoms with Crippen LogP contribution in [-0.4, -0.2) is 28.1 Å². The van der Waals surface area contributed by atoms with Crippen LogP contribution < -0.4 is 4.90 Å². The summed E-state index contributed by atoms with van der Waals surface area (Å²) in [6.07, 6.45) is 2.99. The van der Waals surface area contributed by atoms with Crippen LogP contribution in [0, 0.1) is 13.8 Å². The number of hydrogen-bond donors (Lipinski definition) is 0. The van der Waals surface area contributed by atoms with Gasteiger partial charge in [0, 0.05) is 17.8 Å². The number of amides is 2. The highest BCUT2D eigenvalue weighted by Crippen LogP contribution is 2.45. The van der Waals surface area contributed by atoms with E-state index in [9.17, 15) is 9.59 Å². The van der Waals surface area contributed by atoms with E-state index in [0.717, 1.165) is 47.0 Å². The molecule has 5 heteroatoms. The lowest BCUT2D eigenvalue weighted by Crippen LogP contribution is -2.48. The standard InChI is InChI=1S/C27H32N2O2S/c1-7-29-23-12-18(3)21(13-22(23)19(4)15-27(29,5)6)14-24-25(30)28(26(31)32-24)16-20-10-8-17(2)9-11-20/h8-14,19H,7,15-16H2,1-6H3/b24-14-/t19-/m1/s1. The normalized spacial score (nSPS) is 21.4. The van der Waals surface area contributed by atoms with Crippen molar-refractivity contribution in [2.45, 2.75) is 66.0 Å². The monoisotopic (exact) mass is 448 g/mol. The second kappa shape index (κ2) is 8.43. The molecule has 1 fully saturated rings. The molecule has 0 bridgehead atoms. The van der Waals surface area contributed by atoms with E-state index in [1.807, 2.05) is 37.3 Å². The van der Waals surface area contributed by atoms with Crippen LogP contribution in [0.4, 0.5) is 10.5 Å². The van der Waals surface area contributed by atoms with E-state index in [4.69, 9.17) is 0 Å². The van der Waals surface area contributed by atoms with Crippen LogP contribution in [0.2, 0.25) is 0 Å². The third kappa shape index (κ3) is 4.11.